The molecule has 0 aromatic carbocycles. The second-order valence-corrected chi connectivity index (χ2v) is 2.35. The molecule has 1 rings (SSSR count). The lowest BCUT2D eigenvalue weighted by molar-refractivity contribution is 0.954. The Morgan fingerprint density at radius 2 is 2.18 bits per heavy atom. The zero-order chi connectivity index (χ0) is 7.40. The van der Waals surface area contributed by atoms with Gasteiger partial charge in [0.1, 0.15) is 0 Å². The van der Waals surface area contributed by atoms with Crippen LogP contribution in [0.2, 0.25) is 0 Å². The minimum absolute atomic E-state index is 0. The quantitative estimate of drug-likeness (QED) is 0.731. The summed E-state index contributed by atoms with van der Waals surface area (Å²) in [5, 5.41) is 0. The number of nitrogens with zero attached hydrogens (tertiary/aromatic N) is 1. The minimum Gasteiger partial charge on any atom is -0.330 e. The van der Waals surface area contributed by atoms with E-state index in [-0.39, 0.29) is 12.4 Å². The maximum absolute atomic E-state index is 5.37. The second kappa shape index (κ2) is 5.10. The Kier molecular flexibility index (Phi) is 4.83. The Bertz CT molecular complexity index is 196. The minimum atomic E-state index is 0. The molecule has 0 aliphatic heterocycles. The first-order valence-electron chi connectivity index (χ1n) is 3.44. The number of aryl methyl sites for hydroxylation is 1. The van der Waals surface area contributed by atoms with Gasteiger partial charge in [-0.05, 0) is 31.5 Å². The van der Waals surface area contributed by atoms with E-state index in [0.717, 1.165) is 12.1 Å². The van der Waals surface area contributed by atoms with Crippen LogP contribution in [0.5, 0.6) is 0 Å². The molecule has 0 bridgehead atoms. The number of aromatic nitrogens is 1. The SMILES string of the molecule is Cc1ccc(CCN)cn1.Cl. The van der Waals surface area contributed by atoms with Crippen molar-refractivity contribution in [1.29, 1.82) is 0 Å². The summed E-state index contributed by atoms with van der Waals surface area (Å²) in [5.41, 5.74) is 7.64. The van der Waals surface area contributed by atoms with E-state index in [1.165, 1.54) is 5.56 Å². The summed E-state index contributed by atoms with van der Waals surface area (Å²) in [6, 6.07) is 4.07. The summed E-state index contributed by atoms with van der Waals surface area (Å²) in [6.45, 7) is 2.68. The zero-order valence-electron chi connectivity index (χ0n) is 6.58. The van der Waals surface area contributed by atoms with Gasteiger partial charge in [-0.25, -0.2) is 0 Å². The van der Waals surface area contributed by atoms with Crippen molar-refractivity contribution in [3.05, 3.63) is 29.6 Å². The lowest BCUT2D eigenvalue weighted by atomic mass is 10.2. The summed E-state index contributed by atoms with van der Waals surface area (Å²) in [4.78, 5) is 4.14. The third-order valence-electron chi connectivity index (χ3n) is 1.41. The highest BCUT2D eigenvalue weighted by atomic mass is 35.5. The Morgan fingerprint density at radius 1 is 1.45 bits per heavy atom. The van der Waals surface area contributed by atoms with Gasteiger partial charge in [0.25, 0.3) is 0 Å². The summed E-state index contributed by atoms with van der Waals surface area (Å²) < 4.78 is 0. The van der Waals surface area contributed by atoms with Crippen LogP contribution in [-0.2, 0) is 6.42 Å². The van der Waals surface area contributed by atoms with Crippen LogP contribution in [0.4, 0.5) is 0 Å². The molecular weight excluding hydrogens is 160 g/mol. The molecule has 0 atom stereocenters. The zero-order valence-corrected chi connectivity index (χ0v) is 7.40. The number of hydrogen-bond acceptors (Lipinski definition) is 2. The second-order valence-electron chi connectivity index (χ2n) is 2.35. The van der Waals surface area contributed by atoms with Gasteiger partial charge in [-0.1, -0.05) is 6.07 Å². The third-order valence-corrected chi connectivity index (χ3v) is 1.41. The maximum Gasteiger partial charge on any atom is 0.0372 e. The van der Waals surface area contributed by atoms with Gasteiger partial charge in [-0.3, -0.25) is 4.98 Å². The molecular formula is C8H13ClN2. The van der Waals surface area contributed by atoms with E-state index in [1.807, 2.05) is 19.2 Å². The van der Waals surface area contributed by atoms with Gasteiger partial charge >= 0.3 is 0 Å². The predicted molar refractivity (Wildman–Crippen MR) is 49.0 cm³/mol. The lowest BCUT2D eigenvalue weighted by Crippen LogP contribution is -2.02. The predicted octanol–water partition coefficient (Wildman–Crippen LogP) is 1.31. The van der Waals surface area contributed by atoms with Crippen molar-refractivity contribution in [2.45, 2.75) is 13.3 Å². The third kappa shape index (κ3) is 3.35. The van der Waals surface area contributed by atoms with Gasteiger partial charge in [0.15, 0.2) is 0 Å². The Morgan fingerprint density at radius 3 is 2.64 bits per heavy atom. The Balaban J connectivity index is 0.000001000. The van der Waals surface area contributed by atoms with E-state index in [2.05, 4.69) is 11.1 Å². The molecule has 62 valence electrons. The average molecular weight is 173 g/mol. The molecule has 2 nitrogen and oxygen atoms in total. The lowest BCUT2D eigenvalue weighted by Gasteiger charge is -1.96. The van der Waals surface area contributed by atoms with Gasteiger partial charge in [-0.15, -0.1) is 12.4 Å². The van der Waals surface area contributed by atoms with E-state index in [9.17, 15) is 0 Å². The van der Waals surface area contributed by atoms with Crippen molar-refractivity contribution in [3.8, 4) is 0 Å². The molecule has 0 aliphatic rings. The van der Waals surface area contributed by atoms with Crippen LogP contribution in [0.15, 0.2) is 18.3 Å². The summed E-state index contributed by atoms with van der Waals surface area (Å²) in [5.74, 6) is 0. The van der Waals surface area contributed by atoms with Gasteiger partial charge in [-0.2, -0.15) is 0 Å². The number of halogens is 1. The van der Waals surface area contributed by atoms with Crippen molar-refractivity contribution >= 4 is 12.4 Å². The van der Waals surface area contributed by atoms with Crippen molar-refractivity contribution in [1.82, 2.24) is 4.98 Å². The molecule has 3 heteroatoms. The largest absolute Gasteiger partial charge is 0.330 e. The first-order chi connectivity index (χ1) is 4.83. The molecule has 0 unspecified atom stereocenters. The average Bonchev–Trinajstić information content (AvgIpc) is 1.95. The van der Waals surface area contributed by atoms with Crippen LogP contribution in [0.3, 0.4) is 0 Å². The van der Waals surface area contributed by atoms with Crippen molar-refractivity contribution in [3.63, 3.8) is 0 Å². The summed E-state index contributed by atoms with van der Waals surface area (Å²) in [7, 11) is 0. The highest BCUT2D eigenvalue weighted by Gasteiger charge is 1.89. The van der Waals surface area contributed by atoms with E-state index in [4.69, 9.17) is 5.73 Å². The van der Waals surface area contributed by atoms with Crippen LogP contribution in [0.1, 0.15) is 11.3 Å². The fourth-order valence-electron chi connectivity index (χ4n) is 0.813. The molecule has 1 aromatic heterocycles. The molecule has 0 saturated carbocycles. The number of hydrogen-bond donors (Lipinski definition) is 1. The molecule has 2 N–H and O–H groups in total. The first kappa shape index (κ1) is 10.4. The molecule has 0 saturated heterocycles. The van der Waals surface area contributed by atoms with Crippen LogP contribution >= 0.6 is 12.4 Å². The molecule has 0 spiro atoms. The molecule has 11 heavy (non-hydrogen) atoms. The van der Waals surface area contributed by atoms with E-state index in [0.29, 0.717) is 6.54 Å². The highest BCUT2D eigenvalue weighted by Crippen LogP contribution is 1.98. The fourth-order valence-corrected chi connectivity index (χ4v) is 0.813. The van der Waals surface area contributed by atoms with Crippen LogP contribution in [0, 0.1) is 6.92 Å². The standard InChI is InChI=1S/C8H12N2.ClH/c1-7-2-3-8(4-5-9)6-10-7;/h2-3,6H,4-5,9H2,1H3;1H. The van der Waals surface area contributed by atoms with Gasteiger partial charge in [0, 0.05) is 11.9 Å². The number of pyridine rings is 1. The molecule has 0 amide bonds. The topological polar surface area (TPSA) is 38.9 Å². The van der Waals surface area contributed by atoms with Gasteiger partial charge in [0.2, 0.25) is 0 Å². The Labute approximate surface area is 73.2 Å². The molecule has 0 aliphatic carbocycles. The highest BCUT2D eigenvalue weighted by molar-refractivity contribution is 5.85. The smallest absolute Gasteiger partial charge is 0.0372 e. The van der Waals surface area contributed by atoms with Gasteiger partial charge in [0.05, 0.1) is 0 Å². The van der Waals surface area contributed by atoms with Gasteiger partial charge < -0.3 is 5.73 Å². The maximum atomic E-state index is 5.37. The van der Waals surface area contributed by atoms with Crippen molar-refractivity contribution in [2.75, 3.05) is 6.54 Å². The van der Waals surface area contributed by atoms with E-state index >= 15 is 0 Å². The molecule has 1 heterocycles. The van der Waals surface area contributed by atoms with Crippen molar-refractivity contribution < 1.29 is 0 Å². The molecule has 0 fully saturated rings. The van der Waals surface area contributed by atoms with Crippen LogP contribution < -0.4 is 5.73 Å². The fraction of sp³-hybridized carbons (Fsp3) is 0.375. The summed E-state index contributed by atoms with van der Waals surface area (Å²) in [6.07, 6.45) is 2.80. The molecule has 1 aromatic rings. The van der Waals surface area contributed by atoms with E-state index in [1.54, 1.807) is 0 Å². The van der Waals surface area contributed by atoms with E-state index < -0.39 is 0 Å². The first-order valence-corrected chi connectivity index (χ1v) is 3.44. The normalized spacial score (nSPS) is 8.91. The monoisotopic (exact) mass is 172 g/mol. The van der Waals surface area contributed by atoms with Crippen LogP contribution in [0.25, 0.3) is 0 Å². The number of nitrogens with two attached hydrogens (primary N) is 1. The number of rotatable bonds is 2. The van der Waals surface area contributed by atoms with Crippen molar-refractivity contribution in [2.24, 2.45) is 5.73 Å². The molecule has 0 radical (unpaired) electrons. The summed E-state index contributed by atoms with van der Waals surface area (Å²) >= 11 is 0. The Hall–Kier alpha value is -0.600. The van der Waals surface area contributed by atoms with Crippen LogP contribution in [-0.4, -0.2) is 11.5 Å².